The van der Waals surface area contributed by atoms with E-state index in [2.05, 4.69) is 10.3 Å². The molecule has 0 aliphatic heterocycles. The number of carbonyl (C=O) groups is 1. The summed E-state index contributed by atoms with van der Waals surface area (Å²) >= 11 is 0. The number of aliphatic hydroxyl groups is 1. The van der Waals surface area contributed by atoms with E-state index in [-0.39, 0.29) is 12.2 Å². The quantitative estimate of drug-likeness (QED) is 0.824. The summed E-state index contributed by atoms with van der Waals surface area (Å²) in [4.78, 5) is 10.7. The zero-order valence-electron chi connectivity index (χ0n) is 10.2. The molecule has 0 spiro atoms. The van der Waals surface area contributed by atoms with Crippen LogP contribution in [0.5, 0.6) is 5.75 Å². The van der Waals surface area contributed by atoms with Gasteiger partial charge >= 0.3 is 5.97 Å². The van der Waals surface area contributed by atoms with Crippen LogP contribution in [0.4, 0.5) is 0 Å². The highest BCUT2D eigenvalue weighted by Gasteiger charge is 2.15. The van der Waals surface area contributed by atoms with E-state index < -0.39 is 12.1 Å². The standard InChI is InChI=1S/C12H13N3O4/c1-19-11-5-3-2-4-8(11)10(16)7-15-6-9(12(17)18)13-14-15/h2-6,10,16H,7H2,1H3,(H,17,18). The van der Waals surface area contributed by atoms with Gasteiger partial charge in [-0.15, -0.1) is 5.10 Å². The first-order chi connectivity index (χ1) is 9.11. The monoisotopic (exact) mass is 263 g/mol. The number of hydrogen-bond acceptors (Lipinski definition) is 5. The SMILES string of the molecule is COc1ccccc1C(O)Cn1cc(C(=O)O)nn1. The molecule has 100 valence electrons. The maximum Gasteiger partial charge on any atom is 0.358 e. The summed E-state index contributed by atoms with van der Waals surface area (Å²) in [6.07, 6.45) is 0.403. The van der Waals surface area contributed by atoms with Crippen LogP contribution in [0.15, 0.2) is 30.5 Å². The fraction of sp³-hybridized carbons (Fsp3) is 0.250. The summed E-state index contributed by atoms with van der Waals surface area (Å²) in [6.45, 7) is 0.0979. The first kappa shape index (κ1) is 13.0. The second kappa shape index (κ2) is 5.49. The van der Waals surface area contributed by atoms with Crippen LogP contribution in [0, 0.1) is 0 Å². The van der Waals surface area contributed by atoms with Crippen LogP contribution < -0.4 is 4.74 Å². The number of nitrogens with zero attached hydrogens (tertiary/aromatic N) is 3. The van der Waals surface area contributed by atoms with Crippen molar-refractivity contribution in [3.63, 3.8) is 0 Å². The molecule has 2 rings (SSSR count). The number of hydrogen-bond donors (Lipinski definition) is 2. The molecule has 1 unspecified atom stereocenters. The minimum absolute atomic E-state index is 0.0979. The Morgan fingerprint density at radius 2 is 2.21 bits per heavy atom. The number of para-hydroxylation sites is 1. The van der Waals surface area contributed by atoms with E-state index >= 15 is 0 Å². The molecule has 7 heteroatoms. The molecule has 0 fully saturated rings. The Morgan fingerprint density at radius 1 is 1.47 bits per heavy atom. The van der Waals surface area contributed by atoms with Crippen molar-refractivity contribution in [3.05, 3.63) is 41.7 Å². The third-order valence-corrected chi connectivity index (χ3v) is 2.62. The molecule has 1 aromatic carbocycles. The molecule has 0 saturated heterocycles. The molecule has 0 radical (unpaired) electrons. The Kier molecular flexibility index (Phi) is 3.76. The van der Waals surface area contributed by atoms with Gasteiger partial charge in [0.25, 0.3) is 0 Å². The van der Waals surface area contributed by atoms with Crippen molar-refractivity contribution in [1.29, 1.82) is 0 Å². The van der Waals surface area contributed by atoms with Crippen LogP contribution >= 0.6 is 0 Å². The molecular formula is C12H13N3O4. The average Bonchev–Trinajstić information content (AvgIpc) is 2.87. The number of carboxylic acid groups (broad SMARTS) is 1. The minimum atomic E-state index is -1.15. The Bertz CT molecular complexity index is 582. The van der Waals surface area contributed by atoms with Crippen molar-refractivity contribution in [2.45, 2.75) is 12.6 Å². The number of aromatic carboxylic acids is 1. The molecule has 7 nitrogen and oxygen atoms in total. The summed E-state index contributed by atoms with van der Waals surface area (Å²) < 4.78 is 6.43. The number of rotatable bonds is 5. The van der Waals surface area contributed by atoms with E-state index in [0.717, 1.165) is 0 Å². The summed E-state index contributed by atoms with van der Waals surface area (Å²) in [7, 11) is 1.52. The van der Waals surface area contributed by atoms with Crippen molar-refractivity contribution < 1.29 is 19.7 Å². The Hall–Kier alpha value is -2.41. The van der Waals surface area contributed by atoms with Gasteiger partial charge in [-0.3, -0.25) is 0 Å². The van der Waals surface area contributed by atoms with Gasteiger partial charge in [0, 0.05) is 5.56 Å². The Labute approximate surface area is 109 Å². The number of ether oxygens (including phenoxy) is 1. The van der Waals surface area contributed by atoms with E-state index in [1.807, 2.05) is 0 Å². The zero-order chi connectivity index (χ0) is 13.8. The van der Waals surface area contributed by atoms with Crippen LogP contribution in [-0.4, -0.2) is 38.3 Å². The molecule has 1 heterocycles. The van der Waals surface area contributed by atoms with Gasteiger partial charge in [-0.25, -0.2) is 9.48 Å². The van der Waals surface area contributed by atoms with Crippen molar-refractivity contribution in [3.8, 4) is 5.75 Å². The van der Waals surface area contributed by atoms with Gasteiger partial charge in [0.05, 0.1) is 19.9 Å². The van der Waals surface area contributed by atoms with Gasteiger partial charge in [-0.05, 0) is 6.07 Å². The lowest BCUT2D eigenvalue weighted by Gasteiger charge is -2.14. The molecule has 1 aromatic heterocycles. The summed E-state index contributed by atoms with van der Waals surface area (Å²) in [5.74, 6) is -0.591. The average molecular weight is 263 g/mol. The van der Waals surface area contributed by atoms with Gasteiger partial charge in [0.1, 0.15) is 11.9 Å². The van der Waals surface area contributed by atoms with Gasteiger partial charge in [-0.2, -0.15) is 0 Å². The summed E-state index contributed by atoms with van der Waals surface area (Å²) in [6, 6.07) is 7.05. The molecule has 0 aliphatic carbocycles. The van der Waals surface area contributed by atoms with Gasteiger partial charge in [0.2, 0.25) is 0 Å². The topological polar surface area (TPSA) is 97.5 Å². The largest absolute Gasteiger partial charge is 0.496 e. The van der Waals surface area contributed by atoms with E-state index in [0.29, 0.717) is 11.3 Å². The second-order valence-electron chi connectivity index (χ2n) is 3.89. The molecular weight excluding hydrogens is 250 g/mol. The van der Waals surface area contributed by atoms with Crippen LogP contribution in [-0.2, 0) is 6.54 Å². The number of aromatic nitrogens is 3. The predicted molar refractivity (Wildman–Crippen MR) is 64.9 cm³/mol. The minimum Gasteiger partial charge on any atom is -0.496 e. The molecule has 19 heavy (non-hydrogen) atoms. The van der Waals surface area contributed by atoms with Gasteiger partial charge in [0.15, 0.2) is 5.69 Å². The number of benzene rings is 1. The van der Waals surface area contributed by atoms with E-state index in [9.17, 15) is 9.90 Å². The Morgan fingerprint density at radius 3 is 2.84 bits per heavy atom. The van der Waals surface area contributed by atoms with Crippen molar-refractivity contribution in [2.75, 3.05) is 7.11 Å². The molecule has 0 saturated carbocycles. The highest BCUT2D eigenvalue weighted by molar-refractivity contribution is 5.84. The first-order valence-corrected chi connectivity index (χ1v) is 5.56. The van der Waals surface area contributed by atoms with Gasteiger partial charge < -0.3 is 14.9 Å². The van der Waals surface area contributed by atoms with Crippen molar-refractivity contribution >= 4 is 5.97 Å². The van der Waals surface area contributed by atoms with Crippen LogP contribution in [0.3, 0.4) is 0 Å². The zero-order valence-corrected chi connectivity index (χ0v) is 10.2. The lowest BCUT2D eigenvalue weighted by molar-refractivity contribution is 0.0690. The lowest BCUT2D eigenvalue weighted by atomic mass is 10.1. The smallest absolute Gasteiger partial charge is 0.358 e. The van der Waals surface area contributed by atoms with Crippen LogP contribution in [0.2, 0.25) is 0 Å². The third kappa shape index (κ3) is 2.89. The molecule has 0 bridgehead atoms. The van der Waals surface area contributed by atoms with E-state index in [4.69, 9.17) is 9.84 Å². The normalized spacial score (nSPS) is 12.1. The fourth-order valence-corrected chi connectivity index (χ4v) is 1.70. The second-order valence-corrected chi connectivity index (χ2v) is 3.89. The number of aliphatic hydroxyl groups excluding tert-OH is 1. The van der Waals surface area contributed by atoms with Crippen LogP contribution in [0.1, 0.15) is 22.2 Å². The predicted octanol–water partition coefficient (Wildman–Crippen LogP) is 0.718. The first-order valence-electron chi connectivity index (χ1n) is 5.56. The van der Waals surface area contributed by atoms with Gasteiger partial charge in [-0.1, -0.05) is 23.4 Å². The summed E-state index contributed by atoms with van der Waals surface area (Å²) in [5.41, 5.74) is 0.449. The Balaban J connectivity index is 2.15. The van der Waals surface area contributed by atoms with Crippen molar-refractivity contribution in [2.24, 2.45) is 0 Å². The lowest BCUT2D eigenvalue weighted by Crippen LogP contribution is -2.10. The van der Waals surface area contributed by atoms with Crippen LogP contribution in [0.25, 0.3) is 0 Å². The highest BCUT2D eigenvalue weighted by Crippen LogP contribution is 2.25. The fourth-order valence-electron chi connectivity index (χ4n) is 1.70. The molecule has 0 aliphatic rings. The maximum atomic E-state index is 10.7. The molecule has 2 aromatic rings. The molecule has 2 N–H and O–H groups in total. The van der Waals surface area contributed by atoms with E-state index in [1.54, 1.807) is 24.3 Å². The molecule has 0 amide bonds. The number of carboxylic acids is 1. The van der Waals surface area contributed by atoms with E-state index in [1.165, 1.54) is 18.0 Å². The summed E-state index contributed by atoms with van der Waals surface area (Å²) in [5, 5.41) is 26.0. The number of methoxy groups -OCH3 is 1. The highest BCUT2D eigenvalue weighted by atomic mass is 16.5. The van der Waals surface area contributed by atoms with Crippen molar-refractivity contribution in [1.82, 2.24) is 15.0 Å². The maximum absolute atomic E-state index is 10.7. The molecule has 1 atom stereocenters. The third-order valence-electron chi connectivity index (χ3n) is 2.62.